The van der Waals surface area contributed by atoms with Gasteiger partial charge in [-0.15, -0.1) is 22.7 Å². The van der Waals surface area contributed by atoms with Crippen LogP contribution < -0.4 is 10.6 Å². The van der Waals surface area contributed by atoms with Crippen LogP contribution in [0.15, 0.2) is 17.5 Å². The van der Waals surface area contributed by atoms with Crippen LogP contribution in [0.4, 0.5) is 4.79 Å². The molecule has 2 rings (SSSR count). The van der Waals surface area contributed by atoms with Crippen LogP contribution in [-0.4, -0.2) is 36.7 Å². The van der Waals surface area contributed by atoms with Crippen molar-refractivity contribution in [2.75, 3.05) is 19.7 Å². The molecule has 2 aromatic rings. The zero-order valence-corrected chi connectivity index (χ0v) is 15.4. The van der Waals surface area contributed by atoms with Gasteiger partial charge in [0.2, 0.25) is 5.91 Å². The van der Waals surface area contributed by atoms with E-state index in [1.54, 1.807) is 29.6 Å². The Morgan fingerprint density at radius 2 is 2.08 bits per heavy atom. The first kappa shape index (κ1) is 18.4. The third-order valence-electron chi connectivity index (χ3n) is 3.12. The zero-order chi connectivity index (χ0) is 17.4. The number of amides is 2. The van der Waals surface area contributed by atoms with E-state index in [0.717, 1.165) is 22.0 Å². The summed E-state index contributed by atoms with van der Waals surface area (Å²) in [6.45, 7) is 4.90. The maximum absolute atomic E-state index is 11.7. The molecule has 6 nitrogen and oxygen atoms in total. The highest BCUT2D eigenvalue weighted by Gasteiger charge is 2.07. The molecular weight excluding hydrogens is 346 g/mol. The normalized spacial score (nSPS) is 10.4. The van der Waals surface area contributed by atoms with Crippen molar-refractivity contribution in [2.45, 2.75) is 26.7 Å². The number of ether oxygens (including phenoxy) is 1. The van der Waals surface area contributed by atoms with Gasteiger partial charge >= 0.3 is 6.09 Å². The lowest BCUT2D eigenvalue weighted by Gasteiger charge is -2.06. The summed E-state index contributed by atoms with van der Waals surface area (Å²) in [6.07, 6.45) is 0.533. The van der Waals surface area contributed by atoms with Gasteiger partial charge in [0.05, 0.1) is 22.2 Å². The predicted octanol–water partition coefficient (Wildman–Crippen LogP) is 2.97. The summed E-state index contributed by atoms with van der Waals surface area (Å²) in [7, 11) is 0. The first-order chi connectivity index (χ1) is 11.6. The Morgan fingerprint density at radius 3 is 2.79 bits per heavy atom. The number of nitrogens with zero attached hydrogens (tertiary/aromatic N) is 1. The smallest absolute Gasteiger partial charge is 0.407 e. The molecule has 0 aliphatic rings. The van der Waals surface area contributed by atoms with Crippen molar-refractivity contribution in [3.05, 3.63) is 27.4 Å². The molecule has 0 radical (unpaired) electrons. The number of carbonyl (C=O) groups excluding carboxylic acids is 2. The van der Waals surface area contributed by atoms with E-state index in [0.29, 0.717) is 13.2 Å². The number of aryl methyl sites for hydroxylation is 1. The number of rotatable bonds is 8. The predicted molar refractivity (Wildman–Crippen MR) is 96.5 cm³/mol. The molecule has 0 saturated carbocycles. The highest BCUT2D eigenvalue weighted by Crippen LogP contribution is 2.29. The Balaban J connectivity index is 1.66. The summed E-state index contributed by atoms with van der Waals surface area (Å²) in [5.74, 6) is -0.0845. The van der Waals surface area contributed by atoms with E-state index in [2.05, 4.69) is 33.1 Å². The molecule has 0 unspecified atom stereocenters. The SMILES string of the molecule is CCOC(=O)NCCC(=O)NCCc1ccc(-c2csc(C)n2)s1. The van der Waals surface area contributed by atoms with Gasteiger partial charge < -0.3 is 15.4 Å². The number of hydrogen-bond donors (Lipinski definition) is 2. The molecule has 24 heavy (non-hydrogen) atoms. The molecule has 0 bridgehead atoms. The molecule has 130 valence electrons. The maximum atomic E-state index is 11.7. The number of thiophene rings is 1. The number of nitrogens with one attached hydrogen (secondary N) is 2. The van der Waals surface area contributed by atoms with Crippen LogP contribution in [0.1, 0.15) is 23.2 Å². The summed E-state index contributed by atoms with van der Waals surface area (Å²) in [5, 5.41) is 8.49. The second-order valence-corrected chi connectivity index (χ2v) is 7.25. The van der Waals surface area contributed by atoms with Gasteiger partial charge in [0.1, 0.15) is 0 Å². The quantitative estimate of drug-likeness (QED) is 0.752. The van der Waals surface area contributed by atoms with Crippen LogP contribution in [0, 0.1) is 6.92 Å². The van der Waals surface area contributed by atoms with Gasteiger partial charge in [-0.1, -0.05) is 0 Å². The second-order valence-electron chi connectivity index (χ2n) is 5.01. The van der Waals surface area contributed by atoms with E-state index in [4.69, 9.17) is 4.74 Å². The lowest BCUT2D eigenvalue weighted by molar-refractivity contribution is -0.120. The molecule has 2 aromatic heterocycles. The van der Waals surface area contributed by atoms with Crippen molar-refractivity contribution in [3.63, 3.8) is 0 Å². The summed E-state index contributed by atoms with van der Waals surface area (Å²) in [6, 6.07) is 4.14. The van der Waals surface area contributed by atoms with E-state index < -0.39 is 6.09 Å². The molecule has 0 atom stereocenters. The largest absolute Gasteiger partial charge is 0.450 e. The number of thiazole rings is 1. The molecule has 2 N–H and O–H groups in total. The van der Waals surface area contributed by atoms with Crippen LogP contribution in [0.3, 0.4) is 0 Å². The Morgan fingerprint density at radius 1 is 1.25 bits per heavy atom. The first-order valence-electron chi connectivity index (χ1n) is 7.77. The standard InChI is InChI=1S/C16H21N3O3S2/c1-3-22-16(21)18-9-7-15(20)17-8-6-12-4-5-14(24-12)13-10-23-11(2)19-13/h4-5,10H,3,6-9H2,1-2H3,(H,17,20)(H,18,21). The second kappa shape index (κ2) is 9.39. The van der Waals surface area contributed by atoms with Gasteiger partial charge in [-0.2, -0.15) is 0 Å². The molecular formula is C16H21N3O3S2. The van der Waals surface area contributed by atoms with E-state index in [9.17, 15) is 9.59 Å². The van der Waals surface area contributed by atoms with Gasteiger partial charge in [0, 0.05) is 29.8 Å². The van der Waals surface area contributed by atoms with Gasteiger partial charge in [-0.3, -0.25) is 4.79 Å². The Hall–Kier alpha value is -1.93. The summed E-state index contributed by atoms with van der Waals surface area (Å²) in [5.41, 5.74) is 1.02. The summed E-state index contributed by atoms with van der Waals surface area (Å²) < 4.78 is 4.72. The van der Waals surface area contributed by atoms with Crippen LogP contribution in [0.5, 0.6) is 0 Å². The van der Waals surface area contributed by atoms with E-state index in [-0.39, 0.29) is 18.9 Å². The van der Waals surface area contributed by atoms with Crippen LogP contribution in [0.25, 0.3) is 10.6 Å². The van der Waals surface area contributed by atoms with E-state index in [1.807, 2.05) is 6.92 Å². The molecule has 8 heteroatoms. The summed E-state index contributed by atoms with van der Waals surface area (Å²) >= 11 is 3.34. The van der Waals surface area contributed by atoms with Gasteiger partial charge in [-0.25, -0.2) is 9.78 Å². The number of alkyl carbamates (subject to hydrolysis) is 1. The van der Waals surface area contributed by atoms with Crippen LogP contribution in [-0.2, 0) is 16.0 Å². The number of aromatic nitrogens is 1. The van der Waals surface area contributed by atoms with Gasteiger partial charge in [0.25, 0.3) is 0 Å². The molecule has 0 spiro atoms. The minimum absolute atomic E-state index is 0.0845. The molecule has 0 aliphatic carbocycles. The van der Waals surface area contributed by atoms with Gasteiger partial charge in [0.15, 0.2) is 0 Å². The van der Waals surface area contributed by atoms with Crippen molar-refractivity contribution < 1.29 is 14.3 Å². The fraction of sp³-hybridized carbons (Fsp3) is 0.438. The average molecular weight is 367 g/mol. The third kappa shape index (κ3) is 5.93. The minimum atomic E-state index is -0.492. The molecule has 2 heterocycles. The van der Waals surface area contributed by atoms with E-state index >= 15 is 0 Å². The van der Waals surface area contributed by atoms with Crippen LogP contribution >= 0.6 is 22.7 Å². The molecule has 0 saturated heterocycles. The molecule has 0 fully saturated rings. The highest BCUT2D eigenvalue weighted by molar-refractivity contribution is 7.16. The van der Waals surface area contributed by atoms with Crippen LogP contribution in [0.2, 0.25) is 0 Å². The molecule has 2 amide bonds. The lowest BCUT2D eigenvalue weighted by Crippen LogP contribution is -2.31. The van der Waals surface area contributed by atoms with Crippen molar-refractivity contribution in [2.24, 2.45) is 0 Å². The minimum Gasteiger partial charge on any atom is -0.450 e. The third-order valence-corrected chi connectivity index (χ3v) is 5.06. The van der Waals surface area contributed by atoms with Crippen molar-refractivity contribution in [1.29, 1.82) is 0 Å². The lowest BCUT2D eigenvalue weighted by atomic mass is 10.3. The Kier molecular flexibility index (Phi) is 7.20. The van der Waals surface area contributed by atoms with Gasteiger partial charge in [-0.05, 0) is 32.4 Å². The summed E-state index contributed by atoms with van der Waals surface area (Å²) in [4.78, 5) is 29.6. The molecule has 0 aromatic carbocycles. The van der Waals surface area contributed by atoms with Crippen molar-refractivity contribution >= 4 is 34.7 Å². The molecule has 0 aliphatic heterocycles. The highest BCUT2D eigenvalue weighted by atomic mass is 32.1. The fourth-order valence-electron chi connectivity index (χ4n) is 2.00. The van der Waals surface area contributed by atoms with Crippen molar-refractivity contribution in [3.8, 4) is 10.6 Å². The Labute approximate surface area is 149 Å². The zero-order valence-electron chi connectivity index (χ0n) is 13.8. The number of hydrogen-bond acceptors (Lipinski definition) is 6. The van der Waals surface area contributed by atoms with E-state index in [1.165, 1.54) is 4.88 Å². The number of carbonyl (C=O) groups is 2. The Bertz CT molecular complexity index is 682. The average Bonchev–Trinajstić information content (AvgIpc) is 3.16. The van der Waals surface area contributed by atoms with Crippen molar-refractivity contribution in [1.82, 2.24) is 15.6 Å². The first-order valence-corrected chi connectivity index (χ1v) is 9.46. The maximum Gasteiger partial charge on any atom is 0.407 e. The monoisotopic (exact) mass is 367 g/mol. The topological polar surface area (TPSA) is 80.3 Å². The fourth-order valence-corrected chi connectivity index (χ4v) is 3.66.